The lowest BCUT2D eigenvalue weighted by molar-refractivity contribution is -0.682. The Morgan fingerprint density at radius 3 is 2.74 bits per heavy atom. The van der Waals surface area contributed by atoms with E-state index in [9.17, 15) is 24.6 Å². The lowest BCUT2D eigenvalue weighted by Gasteiger charge is -2.47. The summed E-state index contributed by atoms with van der Waals surface area (Å²) >= 11 is 1.35. The number of aromatic nitrogens is 2. The zero-order valence-corrected chi connectivity index (χ0v) is 15.5. The third kappa shape index (κ3) is 2.47. The number of aliphatic hydroxyl groups is 1. The molecule has 0 unspecified atom stereocenters. The number of rotatable bonds is 5. The maximum Gasteiger partial charge on any atom is 0.259 e. The minimum atomic E-state index is -1.40. The number of carboxylic acid groups (broad SMARTS) is 1. The zero-order chi connectivity index (χ0) is 19.6. The quantitative estimate of drug-likeness (QED) is 0.454. The molecule has 0 saturated carbocycles. The number of aliphatic carboxylic acids is 1. The first kappa shape index (κ1) is 17.7. The fourth-order valence-corrected chi connectivity index (χ4v) is 5.35. The topological polar surface area (TPSA) is 132 Å². The molecule has 4 atom stereocenters. The molecule has 1 saturated heterocycles. The summed E-state index contributed by atoms with van der Waals surface area (Å²) in [5.74, 6) is -3.12. The second-order valence-corrected chi connectivity index (χ2v) is 8.09. The largest absolute Gasteiger partial charge is 0.543 e. The molecule has 4 rings (SSSR count). The Labute approximate surface area is 157 Å². The minimum Gasteiger partial charge on any atom is -0.543 e. The maximum atomic E-state index is 12.4. The van der Waals surface area contributed by atoms with E-state index in [4.69, 9.17) is 5.73 Å². The van der Waals surface area contributed by atoms with Crippen molar-refractivity contribution in [1.29, 1.82) is 0 Å². The van der Waals surface area contributed by atoms with Crippen molar-refractivity contribution in [2.45, 2.75) is 32.5 Å². The van der Waals surface area contributed by atoms with Gasteiger partial charge in [-0.25, -0.2) is 4.57 Å². The molecule has 142 valence electrons. The molecular weight excluding hydrogens is 372 g/mol. The molecule has 3 N–H and O–H groups in total. The van der Waals surface area contributed by atoms with Crippen LogP contribution in [-0.2, 0) is 20.9 Å². The van der Waals surface area contributed by atoms with Gasteiger partial charge in [-0.15, -0.1) is 0 Å². The van der Waals surface area contributed by atoms with E-state index in [0.717, 1.165) is 4.83 Å². The molecule has 2 aliphatic heterocycles. The fraction of sp³-hybridized carbons (Fsp3) is 0.412. The first-order valence-electron chi connectivity index (χ1n) is 8.46. The van der Waals surface area contributed by atoms with E-state index in [-0.39, 0.29) is 24.2 Å². The molecule has 27 heavy (non-hydrogen) atoms. The lowest BCUT2D eigenvalue weighted by atomic mass is 9.77. The number of hydrogen-bond donors (Lipinski definition) is 2. The van der Waals surface area contributed by atoms with Crippen LogP contribution in [0.5, 0.6) is 0 Å². The number of aliphatic hydroxyl groups excluding tert-OH is 1. The Morgan fingerprint density at radius 1 is 1.48 bits per heavy atom. The average Bonchev–Trinajstić information content (AvgIpc) is 3.14. The molecule has 10 heteroatoms. The number of fused-ring (bicyclic) bond motifs is 2. The van der Waals surface area contributed by atoms with Crippen molar-refractivity contribution in [2.24, 2.45) is 17.6 Å². The Bertz CT molecular complexity index is 988. The molecule has 0 radical (unpaired) electrons. The first-order valence-corrected chi connectivity index (χ1v) is 9.28. The van der Waals surface area contributed by atoms with Crippen molar-refractivity contribution in [2.75, 3.05) is 0 Å². The number of hydrogen-bond acceptors (Lipinski definition) is 6. The van der Waals surface area contributed by atoms with Crippen LogP contribution in [0, 0.1) is 11.8 Å². The van der Waals surface area contributed by atoms with Gasteiger partial charge in [-0.05, 0) is 6.92 Å². The van der Waals surface area contributed by atoms with Gasteiger partial charge in [-0.2, -0.15) is 4.40 Å². The van der Waals surface area contributed by atoms with Gasteiger partial charge in [0.1, 0.15) is 12.4 Å². The van der Waals surface area contributed by atoms with E-state index < -0.39 is 29.8 Å². The number of carboxylic acids is 1. The number of thiazole rings is 1. The highest BCUT2D eigenvalue weighted by Crippen LogP contribution is 2.51. The standard InChI is InChI=1S/C17H18N4O5S/c1-7-12(9-3-20-6-19(4-10(18)23)5-11(20)27-9)15(17(25)26)21-14(7)13(8(2)22)16(21)24/h3,5-8,13-14,22H,4H2,1-2H3,(H2-,18,23,25,26)/t7-,8+,13+,14+/m0/s1. The summed E-state index contributed by atoms with van der Waals surface area (Å²) < 4.78 is 3.42. The lowest BCUT2D eigenvalue weighted by Crippen LogP contribution is -2.64. The molecule has 2 aliphatic rings. The first-order chi connectivity index (χ1) is 12.7. The smallest absolute Gasteiger partial charge is 0.259 e. The number of nitrogens with zero attached hydrogens (tertiary/aromatic N) is 3. The van der Waals surface area contributed by atoms with Gasteiger partial charge in [-0.1, -0.05) is 18.3 Å². The molecule has 1 fully saturated rings. The average molecular weight is 390 g/mol. The molecule has 9 nitrogen and oxygen atoms in total. The predicted octanol–water partition coefficient (Wildman–Crippen LogP) is -1.91. The number of amides is 2. The van der Waals surface area contributed by atoms with E-state index in [1.54, 1.807) is 27.7 Å². The Balaban J connectivity index is 1.76. The SMILES string of the molecule is C[C@@H](O)[C@H]1C(=O)N2C(C(=O)[O-])=C(c3cn4c[n+](CC(N)=O)cc4s3)[C@H](C)[C@H]12. The van der Waals surface area contributed by atoms with Crippen LogP contribution < -0.4 is 15.4 Å². The highest BCUT2D eigenvalue weighted by molar-refractivity contribution is 7.18. The summed E-state index contributed by atoms with van der Waals surface area (Å²) in [5.41, 5.74) is 5.61. The second kappa shape index (κ2) is 5.89. The van der Waals surface area contributed by atoms with Crippen LogP contribution in [0.3, 0.4) is 0 Å². The molecule has 2 aromatic heterocycles. The Hall–Kier alpha value is -2.72. The number of primary amides is 1. The van der Waals surface area contributed by atoms with E-state index in [1.165, 1.54) is 23.2 Å². The van der Waals surface area contributed by atoms with Crippen LogP contribution in [0.25, 0.3) is 10.4 Å². The molecule has 2 amide bonds. The van der Waals surface area contributed by atoms with Crippen molar-refractivity contribution in [3.63, 3.8) is 0 Å². The number of imidazole rings is 1. The van der Waals surface area contributed by atoms with Gasteiger partial charge in [0.15, 0.2) is 6.54 Å². The van der Waals surface area contributed by atoms with Crippen LogP contribution in [-0.4, -0.2) is 44.3 Å². The van der Waals surface area contributed by atoms with Crippen molar-refractivity contribution in [3.8, 4) is 0 Å². The van der Waals surface area contributed by atoms with Gasteiger partial charge >= 0.3 is 0 Å². The third-order valence-electron chi connectivity index (χ3n) is 5.24. The van der Waals surface area contributed by atoms with Crippen molar-refractivity contribution in [1.82, 2.24) is 9.30 Å². The molecule has 2 aromatic rings. The molecule has 0 bridgehead atoms. The monoisotopic (exact) mass is 390 g/mol. The minimum absolute atomic E-state index is 0.0492. The van der Waals surface area contributed by atoms with Crippen LogP contribution in [0.4, 0.5) is 0 Å². The van der Waals surface area contributed by atoms with E-state index in [0.29, 0.717) is 10.5 Å². The highest BCUT2D eigenvalue weighted by Gasteiger charge is 2.59. The molecule has 0 aromatic carbocycles. The summed E-state index contributed by atoms with van der Waals surface area (Å²) in [7, 11) is 0. The number of nitrogens with two attached hydrogens (primary N) is 1. The van der Waals surface area contributed by atoms with Crippen molar-refractivity contribution < 1.29 is 29.2 Å². The van der Waals surface area contributed by atoms with Gasteiger partial charge in [-0.3, -0.25) is 9.59 Å². The predicted molar refractivity (Wildman–Crippen MR) is 91.6 cm³/mol. The van der Waals surface area contributed by atoms with Crippen LogP contribution in [0.15, 0.2) is 24.4 Å². The second-order valence-electron chi connectivity index (χ2n) is 7.03. The maximum absolute atomic E-state index is 12.4. The van der Waals surface area contributed by atoms with Crippen molar-refractivity contribution in [3.05, 3.63) is 29.3 Å². The zero-order valence-electron chi connectivity index (χ0n) is 14.7. The van der Waals surface area contributed by atoms with E-state index in [2.05, 4.69) is 0 Å². The fourth-order valence-electron chi connectivity index (χ4n) is 4.17. The summed E-state index contributed by atoms with van der Waals surface area (Å²) in [6.45, 7) is 3.44. The normalized spacial score (nSPS) is 25.7. The molecular formula is C17H18N4O5S. The number of carbonyl (C=O) groups excluding carboxylic acids is 3. The van der Waals surface area contributed by atoms with Crippen LogP contribution >= 0.6 is 11.3 Å². The van der Waals surface area contributed by atoms with Crippen LogP contribution in [0.1, 0.15) is 18.7 Å². The Kier molecular flexibility index (Phi) is 3.86. The van der Waals surface area contributed by atoms with E-state index in [1.807, 2.05) is 6.92 Å². The van der Waals surface area contributed by atoms with Crippen LogP contribution in [0.2, 0.25) is 0 Å². The molecule has 4 heterocycles. The summed E-state index contributed by atoms with van der Waals surface area (Å²) in [5, 5.41) is 21.7. The molecule has 0 spiro atoms. The number of carbonyl (C=O) groups is 3. The number of β-lactam (4-membered cyclic amide) rings is 1. The van der Waals surface area contributed by atoms with Gasteiger partial charge in [0.05, 0.1) is 34.6 Å². The van der Waals surface area contributed by atoms with Gasteiger partial charge in [0, 0.05) is 11.5 Å². The summed E-state index contributed by atoms with van der Waals surface area (Å²) in [6, 6.07) is -0.387. The third-order valence-corrected chi connectivity index (χ3v) is 6.31. The van der Waals surface area contributed by atoms with Gasteiger partial charge in [0.2, 0.25) is 17.1 Å². The summed E-state index contributed by atoms with van der Waals surface area (Å²) in [6.07, 6.45) is 4.35. The highest BCUT2D eigenvalue weighted by atomic mass is 32.1. The van der Waals surface area contributed by atoms with Gasteiger partial charge < -0.3 is 25.6 Å². The van der Waals surface area contributed by atoms with Crippen molar-refractivity contribution >= 4 is 39.5 Å². The van der Waals surface area contributed by atoms with E-state index >= 15 is 0 Å². The summed E-state index contributed by atoms with van der Waals surface area (Å²) in [4.78, 5) is 38.0. The Morgan fingerprint density at radius 2 is 2.19 bits per heavy atom. The molecule has 0 aliphatic carbocycles. The van der Waals surface area contributed by atoms with Gasteiger partial charge in [0.25, 0.3) is 5.91 Å².